The molecule has 0 saturated heterocycles. The molecule has 0 radical (unpaired) electrons. The number of hydrogen-bond donors (Lipinski definition) is 1. The fourth-order valence-corrected chi connectivity index (χ4v) is 2.19. The number of ether oxygens (including phenoxy) is 1. The molecule has 0 amide bonds. The van der Waals surface area contributed by atoms with Crippen LogP contribution in [0.2, 0.25) is 0 Å². The van der Waals surface area contributed by atoms with Gasteiger partial charge in [-0.1, -0.05) is 18.2 Å². The number of benzene rings is 2. The van der Waals surface area contributed by atoms with Gasteiger partial charge in [-0.25, -0.2) is 8.78 Å². The molecule has 2 nitrogen and oxygen atoms in total. The molecule has 110 valence electrons. The third kappa shape index (κ3) is 3.39. The van der Waals surface area contributed by atoms with E-state index < -0.39 is 17.7 Å². The summed E-state index contributed by atoms with van der Waals surface area (Å²) in [5.41, 5.74) is 0.518. The van der Waals surface area contributed by atoms with Gasteiger partial charge in [0.2, 0.25) is 0 Å². The zero-order valence-electron chi connectivity index (χ0n) is 11.4. The van der Waals surface area contributed by atoms with Gasteiger partial charge in [0.05, 0.1) is 12.2 Å². The molecule has 0 spiro atoms. The number of hydrogen-bond acceptors (Lipinski definition) is 2. The maximum Gasteiger partial charge on any atom is 0.129 e. The van der Waals surface area contributed by atoms with Gasteiger partial charge in [0, 0.05) is 12.0 Å². The molecule has 1 aliphatic rings. The number of aliphatic hydroxyl groups is 1. The summed E-state index contributed by atoms with van der Waals surface area (Å²) in [6.45, 7) is 0. The minimum Gasteiger partial charge on any atom is -0.490 e. The average molecular weight is 290 g/mol. The lowest BCUT2D eigenvalue weighted by molar-refractivity contribution is 0.175. The van der Waals surface area contributed by atoms with Crippen molar-refractivity contribution in [3.63, 3.8) is 0 Å². The van der Waals surface area contributed by atoms with Gasteiger partial charge in [-0.3, -0.25) is 0 Å². The van der Waals surface area contributed by atoms with Crippen LogP contribution in [0.4, 0.5) is 8.78 Å². The van der Waals surface area contributed by atoms with Crippen LogP contribution in [0.5, 0.6) is 5.75 Å². The quantitative estimate of drug-likeness (QED) is 0.908. The SMILES string of the molecule is OC(Cc1c(F)cccc1F)c1ccc(OC2CC2)cc1. The van der Waals surface area contributed by atoms with Gasteiger partial charge in [-0.15, -0.1) is 0 Å². The van der Waals surface area contributed by atoms with Gasteiger partial charge in [0.25, 0.3) is 0 Å². The molecule has 1 saturated carbocycles. The highest BCUT2D eigenvalue weighted by molar-refractivity contribution is 5.30. The second-order valence-corrected chi connectivity index (χ2v) is 5.31. The van der Waals surface area contributed by atoms with E-state index in [4.69, 9.17) is 4.74 Å². The molecule has 1 atom stereocenters. The minimum absolute atomic E-state index is 0.0942. The lowest BCUT2D eigenvalue weighted by atomic mass is 10.0. The molecule has 2 aromatic carbocycles. The number of aliphatic hydroxyl groups excluding tert-OH is 1. The van der Waals surface area contributed by atoms with Crippen molar-refractivity contribution in [2.75, 3.05) is 0 Å². The smallest absolute Gasteiger partial charge is 0.129 e. The third-order valence-electron chi connectivity index (χ3n) is 3.55. The highest BCUT2D eigenvalue weighted by Gasteiger charge is 2.23. The number of rotatable bonds is 5. The van der Waals surface area contributed by atoms with E-state index in [2.05, 4.69) is 0 Å². The zero-order valence-corrected chi connectivity index (χ0v) is 11.4. The van der Waals surface area contributed by atoms with Gasteiger partial charge >= 0.3 is 0 Å². The molecule has 0 aliphatic heterocycles. The van der Waals surface area contributed by atoms with Crippen molar-refractivity contribution in [2.24, 2.45) is 0 Å². The Hall–Kier alpha value is -1.94. The van der Waals surface area contributed by atoms with Gasteiger partial charge in [-0.2, -0.15) is 0 Å². The van der Waals surface area contributed by atoms with Crippen molar-refractivity contribution in [1.29, 1.82) is 0 Å². The van der Waals surface area contributed by atoms with Crippen LogP contribution >= 0.6 is 0 Å². The maximum absolute atomic E-state index is 13.6. The summed E-state index contributed by atoms with van der Waals surface area (Å²) < 4.78 is 32.8. The first kappa shape index (κ1) is 14.0. The summed E-state index contributed by atoms with van der Waals surface area (Å²) in [6, 6.07) is 10.7. The highest BCUT2D eigenvalue weighted by Crippen LogP contribution is 2.28. The largest absolute Gasteiger partial charge is 0.490 e. The van der Waals surface area contributed by atoms with Crippen molar-refractivity contribution in [3.8, 4) is 5.75 Å². The summed E-state index contributed by atoms with van der Waals surface area (Å²) in [5.74, 6) is -0.518. The summed E-state index contributed by atoms with van der Waals surface area (Å²) in [6.07, 6.45) is 1.43. The van der Waals surface area contributed by atoms with Crippen molar-refractivity contribution in [1.82, 2.24) is 0 Å². The summed E-state index contributed by atoms with van der Waals surface area (Å²) >= 11 is 0. The fraction of sp³-hybridized carbons (Fsp3) is 0.294. The predicted octanol–water partition coefficient (Wildman–Crippen LogP) is 3.78. The molecular weight excluding hydrogens is 274 g/mol. The van der Waals surface area contributed by atoms with E-state index in [9.17, 15) is 13.9 Å². The first-order chi connectivity index (χ1) is 10.1. The predicted molar refractivity (Wildman–Crippen MR) is 75.1 cm³/mol. The number of halogens is 2. The normalized spacial score (nSPS) is 15.8. The van der Waals surface area contributed by atoms with Crippen molar-refractivity contribution in [3.05, 3.63) is 65.2 Å². The minimum atomic E-state index is -0.952. The molecule has 0 heterocycles. The fourth-order valence-electron chi connectivity index (χ4n) is 2.19. The van der Waals surface area contributed by atoms with Gasteiger partial charge in [0.15, 0.2) is 0 Å². The van der Waals surface area contributed by atoms with Crippen molar-refractivity contribution >= 4 is 0 Å². The van der Waals surface area contributed by atoms with Gasteiger partial charge < -0.3 is 9.84 Å². The van der Waals surface area contributed by atoms with E-state index in [1.165, 1.54) is 18.2 Å². The standard InChI is InChI=1S/C17H16F2O2/c18-15-2-1-3-16(19)14(15)10-17(20)11-4-6-12(7-5-11)21-13-8-9-13/h1-7,13,17,20H,8-10H2. The van der Waals surface area contributed by atoms with Crippen LogP contribution in [0, 0.1) is 11.6 Å². The van der Waals surface area contributed by atoms with Crippen LogP contribution in [0.25, 0.3) is 0 Å². The molecule has 4 heteroatoms. The molecule has 1 N–H and O–H groups in total. The Bertz CT molecular complexity index is 601. The van der Waals surface area contributed by atoms with E-state index in [1.807, 2.05) is 0 Å². The molecule has 3 rings (SSSR count). The second kappa shape index (κ2) is 5.82. The lowest BCUT2D eigenvalue weighted by Gasteiger charge is -2.13. The molecule has 1 unspecified atom stereocenters. The molecule has 0 bridgehead atoms. The zero-order chi connectivity index (χ0) is 14.8. The molecular formula is C17H16F2O2. The van der Waals surface area contributed by atoms with Crippen LogP contribution in [0.1, 0.15) is 30.1 Å². The second-order valence-electron chi connectivity index (χ2n) is 5.31. The Morgan fingerprint density at radius 2 is 1.67 bits per heavy atom. The Morgan fingerprint density at radius 3 is 2.24 bits per heavy atom. The first-order valence-electron chi connectivity index (χ1n) is 7.01. The van der Waals surface area contributed by atoms with Crippen LogP contribution in [0.3, 0.4) is 0 Å². The Balaban J connectivity index is 1.70. The summed E-state index contributed by atoms with van der Waals surface area (Å²) in [7, 11) is 0. The van der Waals surface area contributed by atoms with E-state index in [-0.39, 0.29) is 12.0 Å². The van der Waals surface area contributed by atoms with E-state index in [1.54, 1.807) is 24.3 Å². The average Bonchev–Trinajstić information content (AvgIpc) is 3.28. The third-order valence-corrected chi connectivity index (χ3v) is 3.55. The molecule has 1 fully saturated rings. The molecule has 21 heavy (non-hydrogen) atoms. The molecule has 0 aromatic heterocycles. The van der Waals surface area contributed by atoms with Crippen molar-refractivity contribution < 1.29 is 18.6 Å². The van der Waals surface area contributed by atoms with E-state index in [0.29, 0.717) is 11.7 Å². The topological polar surface area (TPSA) is 29.5 Å². The maximum atomic E-state index is 13.6. The van der Waals surface area contributed by atoms with Gasteiger partial charge in [0.1, 0.15) is 17.4 Å². The van der Waals surface area contributed by atoms with Crippen LogP contribution in [-0.4, -0.2) is 11.2 Å². The highest BCUT2D eigenvalue weighted by atomic mass is 19.1. The monoisotopic (exact) mass is 290 g/mol. The Labute approximate surface area is 122 Å². The first-order valence-corrected chi connectivity index (χ1v) is 7.01. The van der Waals surface area contributed by atoms with E-state index in [0.717, 1.165) is 18.6 Å². The van der Waals surface area contributed by atoms with Crippen LogP contribution < -0.4 is 4.74 Å². The van der Waals surface area contributed by atoms with Gasteiger partial charge in [-0.05, 0) is 42.7 Å². The summed E-state index contributed by atoms with van der Waals surface area (Å²) in [4.78, 5) is 0. The van der Waals surface area contributed by atoms with Crippen LogP contribution in [-0.2, 0) is 6.42 Å². The Kier molecular flexibility index (Phi) is 3.88. The van der Waals surface area contributed by atoms with E-state index >= 15 is 0 Å². The summed E-state index contributed by atoms with van der Waals surface area (Å²) in [5, 5.41) is 10.1. The van der Waals surface area contributed by atoms with Crippen LogP contribution in [0.15, 0.2) is 42.5 Å². The molecule has 1 aliphatic carbocycles. The Morgan fingerprint density at radius 1 is 1.05 bits per heavy atom. The lowest BCUT2D eigenvalue weighted by Crippen LogP contribution is -2.06. The molecule has 2 aromatic rings. The van der Waals surface area contributed by atoms with Crippen molar-refractivity contribution in [2.45, 2.75) is 31.5 Å².